The van der Waals surface area contributed by atoms with Gasteiger partial charge in [-0.1, -0.05) is 17.4 Å². The zero-order valence-corrected chi connectivity index (χ0v) is 16.1. The summed E-state index contributed by atoms with van der Waals surface area (Å²) in [6.07, 6.45) is -1.18. The monoisotopic (exact) mass is 377 g/mol. The second-order valence-electron chi connectivity index (χ2n) is 7.52. The topological polar surface area (TPSA) is 91.8 Å². The first kappa shape index (κ1) is 18.6. The van der Waals surface area contributed by atoms with E-state index < -0.39 is 23.8 Å². The highest BCUT2D eigenvalue weighted by atomic mass is 32.1. The number of aryl methyl sites for hydroxylation is 1. The number of carbonyl (C=O) groups excluding carboxylic acids is 2. The molecular formula is C18H23N3O4S. The van der Waals surface area contributed by atoms with E-state index in [1.807, 2.05) is 25.1 Å². The molecule has 1 fully saturated rings. The van der Waals surface area contributed by atoms with Crippen LogP contribution in [-0.2, 0) is 9.53 Å². The molecule has 26 heavy (non-hydrogen) atoms. The quantitative estimate of drug-likeness (QED) is 0.840. The van der Waals surface area contributed by atoms with Gasteiger partial charge in [0.15, 0.2) is 5.13 Å². The van der Waals surface area contributed by atoms with Crippen LogP contribution in [0.1, 0.15) is 32.8 Å². The van der Waals surface area contributed by atoms with Crippen molar-refractivity contribution < 1.29 is 19.4 Å². The third kappa shape index (κ3) is 4.13. The molecule has 2 unspecified atom stereocenters. The summed E-state index contributed by atoms with van der Waals surface area (Å²) in [5, 5.41) is 13.2. The molecule has 2 amide bonds. The van der Waals surface area contributed by atoms with E-state index in [0.717, 1.165) is 15.8 Å². The number of β-amino-alcohol motifs (C(OH)–C–C–N with tert-alkyl or cyclic N) is 1. The Morgan fingerprint density at radius 2 is 2.12 bits per heavy atom. The third-order valence-electron chi connectivity index (χ3n) is 3.98. The standard InChI is InChI=1S/C18H23N3O4S/c1-10-5-6-12-14(7-10)26-16(19-12)20-15(23)13-8-11(22)9-21(13)17(24)25-18(2,3)4/h5-7,11,13,22H,8-9H2,1-4H3,(H,19,20,23). The Hall–Kier alpha value is -2.19. The molecule has 0 spiro atoms. The molecule has 0 saturated carbocycles. The smallest absolute Gasteiger partial charge is 0.411 e. The van der Waals surface area contributed by atoms with Gasteiger partial charge in [0.1, 0.15) is 11.6 Å². The summed E-state index contributed by atoms with van der Waals surface area (Å²) in [5.41, 5.74) is 1.26. The maximum atomic E-state index is 12.7. The highest BCUT2D eigenvalue weighted by Crippen LogP contribution is 2.28. The van der Waals surface area contributed by atoms with Crippen molar-refractivity contribution >= 4 is 38.7 Å². The van der Waals surface area contributed by atoms with Crippen LogP contribution in [-0.4, -0.2) is 51.3 Å². The van der Waals surface area contributed by atoms with Gasteiger partial charge in [-0.05, 0) is 45.4 Å². The van der Waals surface area contributed by atoms with E-state index >= 15 is 0 Å². The minimum atomic E-state index is -0.784. The number of thiazole rings is 1. The van der Waals surface area contributed by atoms with Crippen molar-refractivity contribution in [1.29, 1.82) is 0 Å². The Balaban J connectivity index is 1.75. The first-order chi connectivity index (χ1) is 12.1. The number of benzene rings is 1. The van der Waals surface area contributed by atoms with Gasteiger partial charge < -0.3 is 15.2 Å². The van der Waals surface area contributed by atoms with Crippen molar-refractivity contribution in [2.24, 2.45) is 0 Å². The minimum Gasteiger partial charge on any atom is -0.444 e. The first-order valence-electron chi connectivity index (χ1n) is 8.48. The van der Waals surface area contributed by atoms with Crippen LogP contribution in [0.25, 0.3) is 10.2 Å². The average Bonchev–Trinajstić information content (AvgIpc) is 3.08. The number of carbonyl (C=O) groups is 2. The lowest BCUT2D eigenvalue weighted by Gasteiger charge is -2.27. The van der Waals surface area contributed by atoms with Gasteiger partial charge in [-0.25, -0.2) is 9.78 Å². The average molecular weight is 377 g/mol. The second kappa shape index (κ2) is 6.85. The molecule has 1 saturated heterocycles. The number of ether oxygens (including phenoxy) is 1. The molecule has 8 heteroatoms. The number of fused-ring (bicyclic) bond motifs is 1. The lowest BCUT2D eigenvalue weighted by atomic mass is 10.2. The van der Waals surface area contributed by atoms with Crippen LogP contribution in [0.15, 0.2) is 18.2 Å². The van der Waals surface area contributed by atoms with Gasteiger partial charge in [0.05, 0.1) is 22.9 Å². The number of aliphatic hydroxyl groups excluding tert-OH is 1. The van der Waals surface area contributed by atoms with E-state index in [-0.39, 0.29) is 18.9 Å². The van der Waals surface area contributed by atoms with Crippen LogP contribution >= 0.6 is 11.3 Å². The normalized spacial score (nSPS) is 20.4. The number of anilines is 1. The molecule has 1 aromatic heterocycles. The maximum Gasteiger partial charge on any atom is 0.411 e. The van der Waals surface area contributed by atoms with Crippen LogP contribution in [0.2, 0.25) is 0 Å². The highest BCUT2D eigenvalue weighted by Gasteiger charge is 2.41. The van der Waals surface area contributed by atoms with Gasteiger partial charge in [0, 0.05) is 6.42 Å². The number of aliphatic hydroxyl groups is 1. The van der Waals surface area contributed by atoms with Gasteiger partial charge in [-0.3, -0.25) is 9.69 Å². The van der Waals surface area contributed by atoms with Gasteiger partial charge in [0.25, 0.3) is 0 Å². The summed E-state index contributed by atoms with van der Waals surface area (Å²) in [5.74, 6) is -0.372. The van der Waals surface area contributed by atoms with E-state index in [1.165, 1.54) is 16.2 Å². The Morgan fingerprint density at radius 3 is 2.81 bits per heavy atom. The maximum absolute atomic E-state index is 12.7. The molecule has 1 aromatic carbocycles. The van der Waals surface area contributed by atoms with Crippen LogP contribution in [0, 0.1) is 6.92 Å². The number of rotatable bonds is 2. The summed E-state index contributed by atoms with van der Waals surface area (Å²) in [7, 11) is 0. The van der Waals surface area contributed by atoms with E-state index in [0.29, 0.717) is 5.13 Å². The molecule has 0 bridgehead atoms. The minimum absolute atomic E-state index is 0.0754. The number of nitrogens with one attached hydrogen (secondary N) is 1. The zero-order chi connectivity index (χ0) is 19.1. The Labute approximate surface area is 156 Å². The summed E-state index contributed by atoms with van der Waals surface area (Å²) in [6.45, 7) is 7.35. The van der Waals surface area contributed by atoms with Crippen molar-refractivity contribution in [1.82, 2.24) is 9.88 Å². The molecule has 0 radical (unpaired) electrons. The van der Waals surface area contributed by atoms with Crippen molar-refractivity contribution in [2.75, 3.05) is 11.9 Å². The van der Waals surface area contributed by atoms with Crippen molar-refractivity contribution in [3.63, 3.8) is 0 Å². The molecule has 2 aromatic rings. The lowest BCUT2D eigenvalue weighted by Crippen LogP contribution is -2.45. The number of likely N-dealkylation sites (tertiary alicyclic amines) is 1. The summed E-state index contributed by atoms with van der Waals surface area (Å²) in [6, 6.07) is 5.09. The van der Waals surface area contributed by atoms with Gasteiger partial charge in [-0.15, -0.1) is 0 Å². The summed E-state index contributed by atoms with van der Waals surface area (Å²) < 4.78 is 6.33. The summed E-state index contributed by atoms with van der Waals surface area (Å²) >= 11 is 1.38. The lowest BCUT2D eigenvalue weighted by molar-refractivity contribution is -0.120. The van der Waals surface area contributed by atoms with Crippen LogP contribution in [0.5, 0.6) is 0 Å². The fourth-order valence-corrected chi connectivity index (χ4v) is 3.83. The predicted octanol–water partition coefficient (Wildman–Crippen LogP) is 2.91. The first-order valence-corrected chi connectivity index (χ1v) is 9.30. The number of aromatic nitrogens is 1. The SMILES string of the molecule is Cc1ccc2nc(NC(=O)C3CC(O)CN3C(=O)OC(C)(C)C)sc2c1. The molecule has 140 valence electrons. The fourth-order valence-electron chi connectivity index (χ4n) is 2.86. The zero-order valence-electron chi connectivity index (χ0n) is 15.3. The molecule has 2 N–H and O–H groups in total. The van der Waals surface area contributed by atoms with Crippen LogP contribution < -0.4 is 5.32 Å². The van der Waals surface area contributed by atoms with Crippen molar-refractivity contribution in [3.8, 4) is 0 Å². The number of hydrogen-bond donors (Lipinski definition) is 2. The molecule has 2 heterocycles. The largest absolute Gasteiger partial charge is 0.444 e. The third-order valence-corrected chi connectivity index (χ3v) is 4.92. The van der Waals surface area contributed by atoms with Gasteiger partial charge in [0.2, 0.25) is 5.91 Å². The van der Waals surface area contributed by atoms with Gasteiger partial charge in [-0.2, -0.15) is 0 Å². The Morgan fingerprint density at radius 1 is 1.38 bits per heavy atom. The molecule has 0 aliphatic carbocycles. The molecule has 2 atom stereocenters. The Bertz CT molecular complexity index is 843. The van der Waals surface area contributed by atoms with E-state index in [1.54, 1.807) is 20.8 Å². The summed E-state index contributed by atoms with van der Waals surface area (Å²) in [4.78, 5) is 30.7. The van der Waals surface area contributed by atoms with Crippen molar-refractivity contribution in [3.05, 3.63) is 23.8 Å². The van der Waals surface area contributed by atoms with Gasteiger partial charge >= 0.3 is 6.09 Å². The predicted molar refractivity (Wildman–Crippen MR) is 100 cm³/mol. The number of amides is 2. The van der Waals surface area contributed by atoms with Crippen LogP contribution in [0.3, 0.4) is 0 Å². The molecule has 1 aliphatic rings. The molecule has 3 rings (SSSR count). The Kier molecular flexibility index (Phi) is 4.90. The highest BCUT2D eigenvalue weighted by molar-refractivity contribution is 7.22. The van der Waals surface area contributed by atoms with E-state index in [9.17, 15) is 14.7 Å². The molecular weight excluding hydrogens is 354 g/mol. The molecule has 1 aliphatic heterocycles. The van der Waals surface area contributed by atoms with Crippen LogP contribution in [0.4, 0.5) is 9.93 Å². The molecule has 7 nitrogen and oxygen atoms in total. The van der Waals surface area contributed by atoms with Crippen molar-refractivity contribution in [2.45, 2.75) is 51.9 Å². The number of hydrogen-bond acceptors (Lipinski definition) is 6. The fraction of sp³-hybridized carbons (Fsp3) is 0.500. The second-order valence-corrected chi connectivity index (χ2v) is 8.55. The van der Waals surface area contributed by atoms with E-state index in [4.69, 9.17) is 4.74 Å². The van der Waals surface area contributed by atoms with E-state index in [2.05, 4.69) is 10.3 Å². The number of nitrogens with zero attached hydrogens (tertiary/aromatic N) is 2.